The molecule has 0 bridgehead atoms. The van der Waals surface area contributed by atoms with Crippen LogP contribution >= 0.6 is 58.6 Å². The van der Waals surface area contributed by atoms with E-state index in [0.29, 0.717) is 11.1 Å². The van der Waals surface area contributed by atoms with Gasteiger partial charge in [0.2, 0.25) is 0 Å². The topological polar surface area (TPSA) is 58.6 Å². The second-order valence-corrected chi connectivity index (χ2v) is 9.25. The lowest BCUT2D eigenvalue weighted by atomic mass is 10.1. The number of hydrogen-bond acceptors (Lipinski definition) is 4. The lowest BCUT2D eigenvalue weighted by Crippen LogP contribution is -2.54. The minimum atomic E-state index is -0.707. The van der Waals surface area contributed by atoms with Gasteiger partial charge < -0.3 is 4.74 Å². The molecule has 0 aliphatic carbocycles. The van der Waals surface area contributed by atoms with Gasteiger partial charge in [0.15, 0.2) is 10.9 Å². The molecule has 1 aliphatic rings. The Balaban J connectivity index is 1.63. The number of hydrogen-bond donors (Lipinski definition) is 1. The average molecular weight is 570 g/mol. The molecule has 4 rings (SSSR count). The summed E-state index contributed by atoms with van der Waals surface area (Å²) in [6.45, 7) is 0.0331. The normalized spacial score (nSPS) is 14.9. The van der Waals surface area contributed by atoms with E-state index in [1.807, 2.05) is 0 Å². The lowest BCUT2D eigenvalue weighted by Gasteiger charge is -2.29. The Bertz CT molecular complexity index is 1390. The molecular weight excluding hydrogens is 557 g/mol. The number of nitrogens with one attached hydrogen (secondary N) is 1. The molecule has 1 saturated heterocycles. The van der Waals surface area contributed by atoms with Crippen molar-refractivity contribution in [2.75, 3.05) is 4.90 Å². The molecule has 1 heterocycles. The highest BCUT2D eigenvalue weighted by atomic mass is 35.5. The summed E-state index contributed by atoms with van der Waals surface area (Å²) in [6.07, 6.45) is 1.32. The predicted octanol–water partition coefficient (Wildman–Crippen LogP) is 6.85. The summed E-state index contributed by atoms with van der Waals surface area (Å²) >= 11 is 30.2. The van der Waals surface area contributed by atoms with Crippen molar-refractivity contribution >= 4 is 87.3 Å². The van der Waals surface area contributed by atoms with Crippen LogP contribution < -0.4 is 15.0 Å². The quantitative estimate of drug-likeness (QED) is 0.207. The van der Waals surface area contributed by atoms with Crippen molar-refractivity contribution in [3.8, 4) is 5.75 Å². The minimum absolute atomic E-state index is 0.0331. The molecule has 0 saturated carbocycles. The van der Waals surface area contributed by atoms with Crippen LogP contribution in [0.15, 0.2) is 60.2 Å². The highest BCUT2D eigenvalue weighted by Gasteiger charge is 2.35. The maximum atomic E-state index is 13.4. The Hall–Kier alpha value is -2.68. The fourth-order valence-electron chi connectivity index (χ4n) is 3.29. The summed E-state index contributed by atoms with van der Waals surface area (Å²) in [5, 5.41) is 2.91. The molecule has 0 unspecified atom stereocenters. The summed E-state index contributed by atoms with van der Waals surface area (Å²) in [7, 11) is 0. The SMILES string of the molecule is O=C1NC(=S)N(c2cccc(Cl)c2Cl)C(=O)/C1=C/c1cc(Cl)c(OCc2cccc(F)c2)c(Cl)c1. The predicted molar refractivity (Wildman–Crippen MR) is 140 cm³/mol. The van der Waals surface area contributed by atoms with Crippen molar-refractivity contribution in [1.82, 2.24) is 5.32 Å². The fraction of sp³-hybridized carbons (Fsp3) is 0.0417. The van der Waals surface area contributed by atoms with Gasteiger partial charge in [0, 0.05) is 0 Å². The summed E-state index contributed by atoms with van der Waals surface area (Å²) in [5.41, 5.74) is 0.942. The van der Waals surface area contributed by atoms with E-state index in [0.717, 1.165) is 4.90 Å². The molecule has 178 valence electrons. The first-order valence-corrected chi connectivity index (χ1v) is 11.8. The highest BCUT2D eigenvalue weighted by Crippen LogP contribution is 2.37. The molecule has 0 atom stereocenters. The number of nitrogens with zero attached hydrogens (tertiary/aromatic N) is 1. The number of carbonyl (C=O) groups is 2. The van der Waals surface area contributed by atoms with E-state index in [4.69, 9.17) is 63.4 Å². The monoisotopic (exact) mass is 568 g/mol. The van der Waals surface area contributed by atoms with Gasteiger partial charge in [-0.05, 0) is 65.8 Å². The highest BCUT2D eigenvalue weighted by molar-refractivity contribution is 7.80. The Labute approximate surface area is 225 Å². The maximum absolute atomic E-state index is 13.4. The minimum Gasteiger partial charge on any atom is -0.486 e. The largest absolute Gasteiger partial charge is 0.486 e. The van der Waals surface area contributed by atoms with Gasteiger partial charge in [0.05, 0.1) is 25.8 Å². The van der Waals surface area contributed by atoms with Crippen LogP contribution in [0.4, 0.5) is 10.1 Å². The van der Waals surface area contributed by atoms with Crippen molar-refractivity contribution in [3.05, 3.63) is 97.2 Å². The average Bonchev–Trinajstić information content (AvgIpc) is 2.79. The molecular formula is C24H13Cl4FN2O3S. The maximum Gasteiger partial charge on any atom is 0.270 e. The van der Waals surface area contributed by atoms with Crippen molar-refractivity contribution in [1.29, 1.82) is 0 Å². The van der Waals surface area contributed by atoms with Gasteiger partial charge in [0.25, 0.3) is 11.8 Å². The molecule has 0 radical (unpaired) electrons. The van der Waals surface area contributed by atoms with Crippen LogP contribution in [0.5, 0.6) is 5.75 Å². The molecule has 0 spiro atoms. The van der Waals surface area contributed by atoms with E-state index in [9.17, 15) is 14.0 Å². The van der Waals surface area contributed by atoms with Gasteiger partial charge >= 0.3 is 0 Å². The molecule has 35 heavy (non-hydrogen) atoms. The summed E-state index contributed by atoms with van der Waals surface area (Å²) in [5.74, 6) is -1.63. The Morgan fingerprint density at radius 1 is 0.971 bits per heavy atom. The number of ether oxygens (including phenoxy) is 1. The van der Waals surface area contributed by atoms with Crippen molar-refractivity contribution in [2.24, 2.45) is 0 Å². The summed E-state index contributed by atoms with van der Waals surface area (Å²) < 4.78 is 19.1. The van der Waals surface area contributed by atoms with E-state index >= 15 is 0 Å². The number of carbonyl (C=O) groups excluding carboxylic acids is 2. The zero-order chi connectivity index (χ0) is 25.3. The molecule has 1 aliphatic heterocycles. The van der Waals surface area contributed by atoms with E-state index in [2.05, 4.69) is 5.32 Å². The van der Waals surface area contributed by atoms with Crippen molar-refractivity contribution in [3.63, 3.8) is 0 Å². The zero-order valence-electron chi connectivity index (χ0n) is 17.5. The van der Waals surface area contributed by atoms with Crippen LogP contribution in [0.2, 0.25) is 20.1 Å². The first kappa shape index (κ1) is 25.4. The first-order chi connectivity index (χ1) is 16.7. The third-order valence-electron chi connectivity index (χ3n) is 4.88. The number of thiocarbonyl (C=S) groups is 1. The van der Waals surface area contributed by atoms with Gasteiger partial charge in [-0.15, -0.1) is 0 Å². The van der Waals surface area contributed by atoms with E-state index in [-0.39, 0.29) is 48.8 Å². The third-order valence-corrected chi connectivity index (χ3v) is 6.53. The standard InChI is InChI=1S/C24H13Cl4FN2O3S/c25-16-5-2-6-19(20(16)28)31-23(33)15(22(32)30-24(31)35)8-13-9-17(26)21(18(27)10-13)34-11-12-3-1-4-14(29)7-12/h1-10H,11H2,(H,30,32,35)/b15-8+. The van der Waals surface area contributed by atoms with Crippen LogP contribution in [-0.2, 0) is 16.2 Å². The van der Waals surface area contributed by atoms with E-state index < -0.39 is 17.6 Å². The number of halogens is 5. The Morgan fingerprint density at radius 3 is 2.34 bits per heavy atom. The van der Waals surface area contributed by atoms with Gasteiger partial charge in [-0.3, -0.25) is 19.8 Å². The summed E-state index contributed by atoms with van der Waals surface area (Å²) in [4.78, 5) is 26.9. The van der Waals surface area contributed by atoms with Gasteiger partial charge in [-0.2, -0.15) is 0 Å². The molecule has 11 heteroatoms. The molecule has 5 nitrogen and oxygen atoms in total. The van der Waals surface area contributed by atoms with Gasteiger partial charge in [-0.1, -0.05) is 64.6 Å². The smallest absolute Gasteiger partial charge is 0.270 e. The molecule has 0 aromatic heterocycles. The first-order valence-electron chi connectivity index (χ1n) is 9.87. The molecule has 3 aromatic rings. The van der Waals surface area contributed by atoms with Gasteiger partial charge in [0.1, 0.15) is 18.0 Å². The molecule has 2 amide bonds. The molecule has 1 N–H and O–H groups in total. The number of anilines is 1. The zero-order valence-corrected chi connectivity index (χ0v) is 21.3. The lowest BCUT2D eigenvalue weighted by molar-refractivity contribution is -0.122. The molecule has 1 fully saturated rings. The van der Waals surface area contributed by atoms with Crippen LogP contribution in [0.1, 0.15) is 11.1 Å². The van der Waals surface area contributed by atoms with E-state index in [1.54, 1.807) is 30.3 Å². The van der Waals surface area contributed by atoms with Gasteiger partial charge in [-0.25, -0.2) is 4.39 Å². The Kier molecular flexibility index (Phi) is 7.64. The van der Waals surface area contributed by atoms with Crippen molar-refractivity contribution in [2.45, 2.75) is 6.61 Å². The second kappa shape index (κ2) is 10.5. The van der Waals surface area contributed by atoms with Crippen LogP contribution in [0.25, 0.3) is 6.08 Å². The Morgan fingerprint density at radius 2 is 1.66 bits per heavy atom. The second-order valence-electron chi connectivity index (χ2n) is 7.26. The number of amides is 2. The van der Waals surface area contributed by atoms with Crippen LogP contribution in [0.3, 0.4) is 0 Å². The fourth-order valence-corrected chi connectivity index (χ4v) is 4.56. The number of rotatable bonds is 5. The van der Waals surface area contributed by atoms with Crippen molar-refractivity contribution < 1.29 is 18.7 Å². The number of benzene rings is 3. The van der Waals surface area contributed by atoms with E-state index in [1.165, 1.54) is 30.3 Å². The van der Waals surface area contributed by atoms with Crippen LogP contribution in [-0.4, -0.2) is 16.9 Å². The summed E-state index contributed by atoms with van der Waals surface area (Å²) in [6, 6.07) is 13.6. The molecule has 3 aromatic carbocycles. The van der Waals surface area contributed by atoms with Crippen LogP contribution in [0, 0.1) is 5.82 Å². The third kappa shape index (κ3) is 5.44.